The quantitative estimate of drug-likeness (QED) is 0.0556. The molecular formula is C40H48N8O7. The molecule has 2 aromatic heterocycles. The summed E-state index contributed by atoms with van der Waals surface area (Å²) in [4.78, 5) is 72.2. The molecule has 5 atom stereocenters. The van der Waals surface area contributed by atoms with Crippen LogP contribution in [0.1, 0.15) is 81.8 Å². The van der Waals surface area contributed by atoms with Crippen LogP contribution >= 0.6 is 0 Å². The van der Waals surface area contributed by atoms with Gasteiger partial charge in [0, 0.05) is 30.6 Å². The topological polar surface area (TPSA) is 187 Å². The summed E-state index contributed by atoms with van der Waals surface area (Å²) < 4.78 is 4.74. The van der Waals surface area contributed by atoms with Crippen LogP contribution in [0.2, 0.25) is 0 Å². The van der Waals surface area contributed by atoms with Crippen LogP contribution in [0.25, 0.3) is 22.3 Å². The molecule has 2 aliphatic rings. The van der Waals surface area contributed by atoms with E-state index in [0.717, 1.165) is 52.7 Å². The van der Waals surface area contributed by atoms with Crippen molar-refractivity contribution >= 4 is 35.3 Å². The molecule has 0 unspecified atom stereocenters. The van der Waals surface area contributed by atoms with E-state index in [2.05, 4.69) is 42.0 Å². The number of carbonyl (C=O) groups is 3. The van der Waals surface area contributed by atoms with Crippen LogP contribution < -0.4 is 5.32 Å². The van der Waals surface area contributed by atoms with Gasteiger partial charge in [-0.3, -0.25) is 9.59 Å². The summed E-state index contributed by atoms with van der Waals surface area (Å²) in [6.07, 6.45) is 3.52. The molecule has 0 radical (unpaired) electrons. The highest BCUT2D eigenvalue weighted by Gasteiger charge is 2.41. The van der Waals surface area contributed by atoms with Crippen molar-refractivity contribution in [1.82, 2.24) is 35.1 Å². The van der Waals surface area contributed by atoms with Crippen molar-refractivity contribution in [1.29, 1.82) is 0 Å². The Hall–Kier alpha value is -5.72. The number of fused-ring (bicyclic) bond motifs is 1. The van der Waals surface area contributed by atoms with Crippen LogP contribution in [-0.2, 0) is 24.1 Å². The lowest BCUT2D eigenvalue weighted by molar-refractivity contribution is -0.188. The van der Waals surface area contributed by atoms with Crippen LogP contribution in [-0.4, -0.2) is 105 Å². The number of carbonyl (C=O) groups excluding carboxylic acids is 3. The second kappa shape index (κ2) is 17.2. The largest absolute Gasteiger partial charge is 0.453 e. The molecule has 2 fully saturated rings. The standard InChI is InChI=1S/C40H48N8O7/c1-23(2)34(42-22-55-54-6)38(50)48-21-28(49)19-33(48)37-43-29-16-13-26(18-30(29)44-37)10-9-25-11-14-27(15-12-25)31-20-41-36(45-31)32-8-7-17-47(32)39(51)35(24(3)4)46-40(52)53-5/h11-16,18,20,22-24,28,32-35,49H,7-8,17,19,21H2,1-6H3,(H,41,45)(H,43,44)(H,46,52)/t28-,32+,33+,34+,35+/m1/s1. The minimum atomic E-state index is -0.706. The summed E-state index contributed by atoms with van der Waals surface area (Å²) in [6, 6.07) is 11.5. The van der Waals surface area contributed by atoms with Crippen molar-refractivity contribution in [2.24, 2.45) is 16.8 Å². The molecule has 0 bridgehead atoms. The Bertz CT molecular complexity index is 2080. The number of likely N-dealkylation sites (tertiary alicyclic amines) is 2. The molecule has 290 valence electrons. The van der Waals surface area contributed by atoms with E-state index in [0.29, 0.717) is 24.6 Å². The minimum Gasteiger partial charge on any atom is -0.453 e. The molecule has 0 spiro atoms. The van der Waals surface area contributed by atoms with Gasteiger partial charge in [0.2, 0.25) is 18.2 Å². The summed E-state index contributed by atoms with van der Waals surface area (Å²) in [5.74, 6) is 7.16. The fourth-order valence-electron chi connectivity index (χ4n) is 7.13. The predicted molar refractivity (Wildman–Crippen MR) is 204 cm³/mol. The van der Waals surface area contributed by atoms with Gasteiger partial charge in [0.05, 0.1) is 55.3 Å². The van der Waals surface area contributed by atoms with Gasteiger partial charge in [-0.1, -0.05) is 51.7 Å². The van der Waals surface area contributed by atoms with Crippen LogP contribution in [0, 0.1) is 23.7 Å². The number of amides is 3. The maximum Gasteiger partial charge on any atom is 0.407 e. The fourth-order valence-corrected chi connectivity index (χ4v) is 7.13. The first-order valence-corrected chi connectivity index (χ1v) is 18.5. The molecule has 2 aromatic carbocycles. The maximum atomic E-state index is 13.6. The zero-order chi connectivity index (χ0) is 39.2. The SMILES string of the molecule is COOC=N[C@H](C(=O)N1C[C@H](O)C[C@H]1c1nc2ccc(C#Cc3ccc(-c4cnc([C@@H]5CCCN5C(=O)[C@@H](NC(=O)OC)C(C)C)[nH]4)cc3)cc2[nH]1)C(C)C. The number of nitrogens with one attached hydrogen (secondary N) is 3. The van der Waals surface area contributed by atoms with Crippen molar-refractivity contribution in [2.75, 3.05) is 27.3 Å². The Morgan fingerprint density at radius 3 is 2.42 bits per heavy atom. The molecule has 3 amide bonds. The molecule has 6 rings (SSSR count). The van der Waals surface area contributed by atoms with E-state index in [-0.39, 0.29) is 36.2 Å². The van der Waals surface area contributed by atoms with E-state index in [9.17, 15) is 19.5 Å². The van der Waals surface area contributed by atoms with E-state index < -0.39 is 30.3 Å². The first-order chi connectivity index (χ1) is 26.5. The summed E-state index contributed by atoms with van der Waals surface area (Å²) in [5.41, 5.74) is 4.87. The van der Waals surface area contributed by atoms with E-state index >= 15 is 0 Å². The highest BCUT2D eigenvalue weighted by molar-refractivity contribution is 5.86. The number of methoxy groups -OCH3 is 1. The average Bonchev–Trinajstić information content (AvgIpc) is 4.00. The van der Waals surface area contributed by atoms with Gasteiger partial charge in [0.15, 0.2) is 0 Å². The van der Waals surface area contributed by atoms with Gasteiger partial charge in [0.1, 0.15) is 23.7 Å². The minimum absolute atomic E-state index is 0.108. The van der Waals surface area contributed by atoms with Crippen molar-refractivity contribution in [3.05, 3.63) is 71.4 Å². The number of aromatic nitrogens is 4. The van der Waals surface area contributed by atoms with Crippen molar-refractivity contribution in [2.45, 2.75) is 77.2 Å². The number of H-pyrrole nitrogens is 2. The van der Waals surface area contributed by atoms with Gasteiger partial charge in [-0.15, -0.1) is 0 Å². The number of ether oxygens (including phenoxy) is 1. The summed E-state index contributed by atoms with van der Waals surface area (Å²) in [5, 5.41) is 13.2. The predicted octanol–water partition coefficient (Wildman–Crippen LogP) is 4.66. The summed E-state index contributed by atoms with van der Waals surface area (Å²) >= 11 is 0. The van der Waals surface area contributed by atoms with E-state index in [1.165, 1.54) is 14.2 Å². The Morgan fingerprint density at radius 2 is 1.71 bits per heavy atom. The first kappa shape index (κ1) is 39.0. The number of hydrogen-bond donors (Lipinski definition) is 4. The number of rotatable bonds is 11. The van der Waals surface area contributed by atoms with Gasteiger partial charge in [-0.2, -0.15) is 4.89 Å². The third-order valence-corrected chi connectivity index (χ3v) is 10.0. The van der Waals surface area contributed by atoms with Crippen LogP contribution in [0.4, 0.5) is 4.79 Å². The molecule has 15 heteroatoms. The smallest absolute Gasteiger partial charge is 0.407 e. The maximum absolute atomic E-state index is 13.6. The summed E-state index contributed by atoms with van der Waals surface area (Å²) in [6.45, 7) is 8.34. The number of nitrogens with zero attached hydrogens (tertiary/aromatic N) is 5. The van der Waals surface area contributed by atoms with Gasteiger partial charge >= 0.3 is 6.09 Å². The number of aliphatic imine (C=N–C) groups is 1. The molecule has 2 aliphatic heterocycles. The third kappa shape index (κ3) is 8.82. The van der Waals surface area contributed by atoms with Gasteiger partial charge in [-0.05, 0) is 60.6 Å². The molecule has 0 aliphatic carbocycles. The molecule has 0 saturated carbocycles. The second-order valence-electron chi connectivity index (χ2n) is 14.5. The number of imidazole rings is 2. The van der Waals surface area contributed by atoms with Crippen molar-refractivity contribution in [3.63, 3.8) is 0 Å². The van der Waals surface area contributed by atoms with Crippen molar-refractivity contribution in [3.8, 4) is 23.1 Å². The molecule has 4 heterocycles. The zero-order valence-electron chi connectivity index (χ0n) is 31.9. The number of β-amino-alcohol motifs (C(OH)–C–C–N with tert-alkyl or cyclic N) is 1. The Kier molecular flexibility index (Phi) is 12.2. The lowest BCUT2D eigenvalue weighted by Crippen LogP contribution is -2.51. The molecule has 15 nitrogen and oxygen atoms in total. The van der Waals surface area contributed by atoms with Crippen LogP contribution in [0.5, 0.6) is 0 Å². The monoisotopic (exact) mass is 752 g/mol. The Morgan fingerprint density at radius 1 is 0.964 bits per heavy atom. The average molecular weight is 753 g/mol. The number of aliphatic hydroxyl groups excluding tert-OH is 1. The lowest BCUT2D eigenvalue weighted by Gasteiger charge is -2.30. The molecule has 4 aromatic rings. The lowest BCUT2D eigenvalue weighted by atomic mass is 10.0. The van der Waals surface area contributed by atoms with Crippen LogP contribution in [0.3, 0.4) is 0 Å². The molecular weight excluding hydrogens is 704 g/mol. The van der Waals surface area contributed by atoms with Gasteiger partial charge in [-0.25, -0.2) is 19.8 Å². The van der Waals surface area contributed by atoms with Crippen LogP contribution in [0.15, 0.2) is 53.7 Å². The number of aromatic amines is 2. The first-order valence-electron chi connectivity index (χ1n) is 18.5. The van der Waals surface area contributed by atoms with E-state index in [1.807, 2.05) is 70.2 Å². The fraction of sp³-hybridized carbons (Fsp3) is 0.450. The summed E-state index contributed by atoms with van der Waals surface area (Å²) in [7, 11) is 2.64. The molecule has 2 saturated heterocycles. The second-order valence-corrected chi connectivity index (χ2v) is 14.5. The number of alkyl carbamates (subject to hydrolysis) is 1. The number of aliphatic hydroxyl groups is 1. The van der Waals surface area contributed by atoms with Gasteiger partial charge in [0.25, 0.3) is 0 Å². The number of hydrogen-bond acceptors (Lipinski definition) is 10. The molecule has 55 heavy (non-hydrogen) atoms. The molecule has 4 N–H and O–H groups in total. The highest BCUT2D eigenvalue weighted by atomic mass is 17.2. The Labute approximate surface area is 319 Å². The number of benzene rings is 2. The third-order valence-electron chi connectivity index (χ3n) is 10.0. The normalized spacial score (nSPS) is 19.5. The van der Waals surface area contributed by atoms with Crippen molar-refractivity contribution < 1.29 is 34.0 Å². The highest BCUT2D eigenvalue weighted by Crippen LogP contribution is 2.34. The Balaban J connectivity index is 1.13. The van der Waals surface area contributed by atoms with Gasteiger partial charge < -0.3 is 39.8 Å². The van der Waals surface area contributed by atoms with E-state index in [4.69, 9.17) is 14.6 Å². The zero-order valence-corrected chi connectivity index (χ0v) is 31.9. The van der Waals surface area contributed by atoms with E-state index in [1.54, 1.807) is 16.0 Å².